The van der Waals surface area contributed by atoms with Crippen LogP contribution >= 0.6 is 0 Å². The van der Waals surface area contributed by atoms with Crippen LogP contribution in [0, 0.1) is 0 Å². The largest absolute Gasteiger partial charge is 0.454 e. The quantitative estimate of drug-likeness (QED) is 0.445. The van der Waals surface area contributed by atoms with Crippen LogP contribution in [0.3, 0.4) is 0 Å². The molecule has 6 rings (SSSR count). The zero-order valence-corrected chi connectivity index (χ0v) is 17.2. The molecular weight excluding hydrogens is 408 g/mol. The maximum atomic E-state index is 12.9. The third kappa shape index (κ3) is 3.05. The molecule has 1 aliphatic carbocycles. The minimum atomic E-state index is -0.754. The van der Waals surface area contributed by atoms with Crippen LogP contribution in [-0.4, -0.2) is 40.2 Å². The van der Waals surface area contributed by atoms with Gasteiger partial charge in [-0.25, -0.2) is 0 Å². The lowest BCUT2D eigenvalue weighted by Crippen LogP contribution is -2.22. The molecular formula is C25H20N2O5. The fourth-order valence-corrected chi connectivity index (χ4v) is 4.37. The average molecular weight is 428 g/mol. The van der Waals surface area contributed by atoms with E-state index in [1.54, 1.807) is 4.68 Å². The Morgan fingerprint density at radius 1 is 1.00 bits per heavy atom. The topological polar surface area (TPSA) is 82.8 Å². The number of rotatable bonds is 6. The van der Waals surface area contributed by atoms with Crippen molar-refractivity contribution >= 4 is 16.7 Å². The number of aromatic nitrogens is 2. The Bertz CT molecular complexity index is 1360. The number of fused-ring (bicyclic) bond motifs is 3. The van der Waals surface area contributed by atoms with Crippen molar-refractivity contribution in [1.29, 1.82) is 0 Å². The van der Waals surface area contributed by atoms with Gasteiger partial charge in [0.05, 0.1) is 31.4 Å². The number of carbonyl (C=O) groups excluding carboxylic acids is 1. The monoisotopic (exact) mass is 428 g/mol. The van der Waals surface area contributed by atoms with Crippen LogP contribution in [0.4, 0.5) is 0 Å². The van der Waals surface area contributed by atoms with E-state index in [2.05, 4.69) is 0 Å². The highest BCUT2D eigenvalue weighted by molar-refractivity contribution is 6.25. The number of benzene rings is 3. The van der Waals surface area contributed by atoms with E-state index in [0.29, 0.717) is 23.5 Å². The smallest absolute Gasteiger partial charge is 0.231 e. The van der Waals surface area contributed by atoms with Gasteiger partial charge < -0.3 is 19.3 Å². The molecule has 0 fully saturated rings. The van der Waals surface area contributed by atoms with Crippen LogP contribution in [0.15, 0.2) is 60.7 Å². The second-order valence-corrected chi connectivity index (χ2v) is 7.96. The standard InChI is InChI=1S/C25H20N2O5/c28-16(13-30-12-15-8-9-21-22(10-15)32-14-31-21)11-27-20-7-3-6-19-23(20)24(26-27)17-4-1-2-5-18(17)25(19)29/h1-10,16,28H,11-14H2. The zero-order chi connectivity index (χ0) is 21.7. The molecule has 7 heteroatoms. The third-order valence-corrected chi connectivity index (χ3v) is 5.85. The van der Waals surface area contributed by atoms with Crippen LogP contribution in [0.1, 0.15) is 21.5 Å². The molecule has 1 unspecified atom stereocenters. The van der Waals surface area contributed by atoms with Gasteiger partial charge in [-0.15, -0.1) is 0 Å². The molecule has 1 atom stereocenters. The van der Waals surface area contributed by atoms with Crippen molar-refractivity contribution in [1.82, 2.24) is 9.78 Å². The molecule has 1 N–H and O–H groups in total. The predicted octanol–water partition coefficient (Wildman–Crippen LogP) is 3.55. The molecule has 7 nitrogen and oxygen atoms in total. The molecule has 2 heterocycles. The highest BCUT2D eigenvalue weighted by atomic mass is 16.7. The van der Waals surface area contributed by atoms with E-state index < -0.39 is 6.10 Å². The van der Waals surface area contributed by atoms with Gasteiger partial charge in [-0.2, -0.15) is 5.10 Å². The highest BCUT2D eigenvalue weighted by Gasteiger charge is 2.28. The van der Waals surface area contributed by atoms with Gasteiger partial charge in [-0.3, -0.25) is 9.48 Å². The Balaban J connectivity index is 1.20. The molecule has 0 saturated heterocycles. The zero-order valence-electron chi connectivity index (χ0n) is 17.2. The second-order valence-electron chi connectivity index (χ2n) is 7.96. The lowest BCUT2D eigenvalue weighted by Gasteiger charge is -2.14. The summed E-state index contributed by atoms with van der Waals surface area (Å²) in [7, 11) is 0. The van der Waals surface area contributed by atoms with Crippen molar-refractivity contribution in [3.05, 3.63) is 77.4 Å². The molecule has 1 aliphatic heterocycles. The van der Waals surface area contributed by atoms with E-state index in [4.69, 9.17) is 19.3 Å². The Morgan fingerprint density at radius 2 is 1.81 bits per heavy atom. The van der Waals surface area contributed by atoms with E-state index in [9.17, 15) is 9.90 Å². The van der Waals surface area contributed by atoms with Gasteiger partial charge in [0.1, 0.15) is 5.69 Å². The summed E-state index contributed by atoms with van der Waals surface area (Å²) in [5.41, 5.74) is 4.68. The summed E-state index contributed by atoms with van der Waals surface area (Å²) in [5, 5.41) is 16.2. The molecule has 0 radical (unpaired) electrons. The van der Waals surface area contributed by atoms with Gasteiger partial charge in [0, 0.05) is 22.1 Å². The predicted molar refractivity (Wildman–Crippen MR) is 117 cm³/mol. The maximum Gasteiger partial charge on any atom is 0.231 e. The minimum absolute atomic E-state index is 0.00542. The number of aliphatic hydroxyl groups is 1. The average Bonchev–Trinajstić information content (AvgIpc) is 3.43. The van der Waals surface area contributed by atoms with Crippen molar-refractivity contribution in [2.45, 2.75) is 19.3 Å². The molecule has 0 saturated carbocycles. The van der Waals surface area contributed by atoms with Crippen LogP contribution in [0.25, 0.3) is 22.2 Å². The molecule has 4 aromatic rings. The van der Waals surface area contributed by atoms with Crippen molar-refractivity contribution < 1.29 is 24.1 Å². The SMILES string of the molecule is O=C1c2ccccc2-c2nn(CC(O)COCc3ccc4c(c3)OCO4)c3cccc1c23. The fourth-order valence-electron chi connectivity index (χ4n) is 4.37. The fraction of sp³-hybridized carbons (Fsp3) is 0.200. The van der Waals surface area contributed by atoms with Crippen LogP contribution < -0.4 is 9.47 Å². The Morgan fingerprint density at radius 3 is 2.72 bits per heavy atom. The van der Waals surface area contributed by atoms with E-state index in [1.807, 2.05) is 60.7 Å². The summed E-state index contributed by atoms with van der Waals surface area (Å²) in [6.07, 6.45) is -0.754. The molecule has 0 amide bonds. The van der Waals surface area contributed by atoms with Crippen molar-refractivity contribution in [3.63, 3.8) is 0 Å². The highest BCUT2D eigenvalue weighted by Crippen LogP contribution is 2.38. The van der Waals surface area contributed by atoms with Gasteiger partial charge in [-0.05, 0) is 23.8 Å². The number of nitrogens with zero attached hydrogens (tertiary/aromatic N) is 2. The van der Waals surface area contributed by atoms with Crippen molar-refractivity contribution in [3.8, 4) is 22.8 Å². The van der Waals surface area contributed by atoms with Gasteiger partial charge in [0.25, 0.3) is 0 Å². The minimum Gasteiger partial charge on any atom is -0.454 e. The van der Waals surface area contributed by atoms with Gasteiger partial charge in [0.15, 0.2) is 17.3 Å². The first-order valence-corrected chi connectivity index (χ1v) is 10.5. The van der Waals surface area contributed by atoms with Crippen molar-refractivity contribution in [2.75, 3.05) is 13.4 Å². The molecule has 3 aromatic carbocycles. The molecule has 0 bridgehead atoms. The van der Waals surface area contributed by atoms with Crippen LogP contribution in [0.2, 0.25) is 0 Å². The van der Waals surface area contributed by atoms with Gasteiger partial charge >= 0.3 is 0 Å². The number of ketones is 1. The summed E-state index contributed by atoms with van der Waals surface area (Å²) in [4.78, 5) is 12.9. The summed E-state index contributed by atoms with van der Waals surface area (Å²) >= 11 is 0. The number of hydrogen-bond acceptors (Lipinski definition) is 6. The lowest BCUT2D eigenvalue weighted by atomic mass is 9.87. The number of hydrogen-bond donors (Lipinski definition) is 1. The first-order chi connectivity index (χ1) is 15.7. The third-order valence-electron chi connectivity index (χ3n) is 5.85. The first kappa shape index (κ1) is 19.0. The molecule has 160 valence electrons. The summed E-state index contributed by atoms with van der Waals surface area (Å²) in [6.45, 7) is 0.999. The molecule has 1 aromatic heterocycles. The maximum absolute atomic E-state index is 12.9. The number of carbonyl (C=O) groups is 1. The van der Waals surface area contributed by atoms with Gasteiger partial charge in [0.2, 0.25) is 6.79 Å². The number of ether oxygens (including phenoxy) is 3. The van der Waals surface area contributed by atoms with Crippen molar-refractivity contribution in [2.24, 2.45) is 0 Å². The normalized spacial score (nSPS) is 14.6. The van der Waals surface area contributed by atoms with E-state index in [0.717, 1.165) is 33.5 Å². The molecule has 2 aliphatic rings. The summed E-state index contributed by atoms with van der Waals surface area (Å²) in [6, 6.07) is 18.8. The Kier molecular flexibility index (Phi) is 4.45. The lowest BCUT2D eigenvalue weighted by molar-refractivity contribution is 0.0193. The van der Waals surface area contributed by atoms with Crippen LogP contribution in [-0.2, 0) is 17.9 Å². The Hall–Kier alpha value is -3.68. The van der Waals surface area contributed by atoms with Gasteiger partial charge in [-0.1, -0.05) is 42.5 Å². The van der Waals surface area contributed by atoms with Crippen LogP contribution in [0.5, 0.6) is 11.5 Å². The molecule has 0 spiro atoms. The summed E-state index contributed by atoms with van der Waals surface area (Å²) < 4.78 is 18.2. The Labute approximate surface area is 183 Å². The first-order valence-electron chi connectivity index (χ1n) is 10.5. The molecule has 32 heavy (non-hydrogen) atoms. The summed E-state index contributed by atoms with van der Waals surface area (Å²) in [5.74, 6) is 1.44. The second kappa shape index (κ2) is 7.47. The number of aliphatic hydroxyl groups excluding tert-OH is 1. The van der Waals surface area contributed by atoms with E-state index >= 15 is 0 Å². The van der Waals surface area contributed by atoms with E-state index in [-0.39, 0.29) is 25.7 Å². The van der Waals surface area contributed by atoms with E-state index in [1.165, 1.54) is 0 Å².